The fourth-order valence-electron chi connectivity index (χ4n) is 1.39. The van der Waals surface area contributed by atoms with Crippen molar-refractivity contribution in [2.45, 2.75) is 45.4 Å². The minimum absolute atomic E-state index is 0.0300. The van der Waals surface area contributed by atoms with Crippen LogP contribution in [0.25, 0.3) is 0 Å². The molecule has 0 aromatic heterocycles. The van der Waals surface area contributed by atoms with Gasteiger partial charge in [-0.15, -0.1) is 0 Å². The first-order chi connectivity index (χ1) is 6.74. The minimum Gasteiger partial charge on any atom is -0.303 e. The Balaban J connectivity index is 3.63. The van der Waals surface area contributed by atoms with Gasteiger partial charge in [0, 0.05) is 12.3 Å². The molecule has 0 radical (unpaired) electrons. The fourth-order valence-corrected chi connectivity index (χ4v) is 1.39. The number of hydrogen-bond acceptors (Lipinski definition) is 2. The lowest BCUT2D eigenvalue weighted by Gasteiger charge is -2.06. The molecule has 0 amide bonds. The maximum absolute atomic E-state index is 11.0. The van der Waals surface area contributed by atoms with Gasteiger partial charge in [-0.3, -0.25) is 4.79 Å². The number of allylic oxidation sites excluding steroid dienone is 1. The van der Waals surface area contributed by atoms with E-state index in [9.17, 15) is 9.59 Å². The molecular formula is C12H20O2. The van der Waals surface area contributed by atoms with Crippen LogP contribution in [0.5, 0.6) is 0 Å². The molecule has 0 aromatic rings. The molecule has 0 aliphatic carbocycles. The number of hydrogen-bond donors (Lipinski definition) is 0. The summed E-state index contributed by atoms with van der Waals surface area (Å²) in [6.45, 7) is 5.54. The number of carbonyl (C=O) groups is 2. The zero-order valence-corrected chi connectivity index (χ0v) is 9.00. The van der Waals surface area contributed by atoms with Crippen molar-refractivity contribution in [2.75, 3.05) is 0 Å². The second-order valence-electron chi connectivity index (χ2n) is 3.62. The van der Waals surface area contributed by atoms with Gasteiger partial charge >= 0.3 is 0 Å². The maximum atomic E-state index is 11.0. The Labute approximate surface area is 86.4 Å². The molecule has 2 heteroatoms. The van der Waals surface area contributed by atoms with E-state index in [4.69, 9.17) is 0 Å². The van der Waals surface area contributed by atoms with Crippen molar-refractivity contribution >= 4 is 12.1 Å². The second kappa shape index (κ2) is 8.67. The van der Waals surface area contributed by atoms with Crippen molar-refractivity contribution in [1.29, 1.82) is 0 Å². The van der Waals surface area contributed by atoms with Crippen LogP contribution in [0.3, 0.4) is 0 Å². The second-order valence-corrected chi connectivity index (χ2v) is 3.62. The Morgan fingerprint density at radius 2 is 2.07 bits per heavy atom. The van der Waals surface area contributed by atoms with E-state index in [1.165, 1.54) is 18.9 Å². The third-order valence-electron chi connectivity index (χ3n) is 2.31. The number of rotatable bonds is 9. The highest BCUT2D eigenvalue weighted by Crippen LogP contribution is 2.12. The van der Waals surface area contributed by atoms with Crippen LogP contribution in [0.15, 0.2) is 12.7 Å². The van der Waals surface area contributed by atoms with Crippen molar-refractivity contribution in [3.63, 3.8) is 0 Å². The lowest BCUT2D eigenvalue weighted by Crippen LogP contribution is -2.07. The highest BCUT2D eigenvalue weighted by Gasteiger charge is 2.10. The maximum Gasteiger partial charge on any atom is 0.155 e. The smallest absolute Gasteiger partial charge is 0.155 e. The molecule has 0 rings (SSSR count). The Bertz CT molecular complexity index is 185. The molecular weight excluding hydrogens is 176 g/mol. The van der Waals surface area contributed by atoms with Gasteiger partial charge in [0.15, 0.2) is 5.78 Å². The number of unbranched alkanes of at least 4 members (excludes halogenated alkanes) is 3. The Morgan fingerprint density at radius 3 is 2.57 bits per heavy atom. The zero-order valence-electron chi connectivity index (χ0n) is 9.00. The van der Waals surface area contributed by atoms with Crippen molar-refractivity contribution in [3.05, 3.63) is 12.7 Å². The van der Waals surface area contributed by atoms with E-state index in [0.29, 0.717) is 6.42 Å². The van der Waals surface area contributed by atoms with Crippen LogP contribution in [0, 0.1) is 5.92 Å². The third-order valence-corrected chi connectivity index (χ3v) is 2.31. The summed E-state index contributed by atoms with van der Waals surface area (Å²) < 4.78 is 0. The fraction of sp³-hybridized carbons (Fsp3) is 0.667. The molecule has 0 aliphatic heterocycles. The molecule has 0 saturated carbocycles. The van der Waals surface area contributed by atoms with E-state index < -0.39 is 0 Å². The summed E-state index contributed by atoms with van der Waals surface area (Å²) >= 11 is 0. The predicted octanol–water partition coefficient (Wildman–Crippen LogP) is 2.92. The molecule has 0 aliphatic rings. The highest BCUT2D eigenvalue weighted by molar-refractivity contribution is 5.90. The molecule has 0 heterocycles. The molecule has 0 N–H and O–H groups in total. The number of carbonyl (C=O) groups excluding carboxylic acids is 2. The molecule has 0 bridgehead atoms. The molecule has 80 valence electrons. The van der Waals surface area contributed by atoms with E-state index in [1.807, 2.05) is 0 Å². The molecule has 2 nitrogen and oxygen atoms in total. The lowest BCUT2D eigenvalue weighted by atomic mass is 9.97. The van der Waals surface area contributed by atoms with Gasteiger partial charge in [0.25, 0.3) is 0 Å². The standard InChI is InChI=1S/C12H20O2/c1-3-5-6-7-8-11(10-13)9-12(14)4-2/h4,10-11H,2-3,5-9H2,1H3. The van der Waals surface area contributed by atoms with E-state index >= 15 is 0 Å². The summed E-state index contributed by atoms with van der Waals surface area (Å²) in [5.74, 6) is -0.130. The summed E-state index contributed by atoms with van der Waals surface area (Å²) in [6.07, 6.45) is 7.96. The largest absolute Gasteiger partial charge is 0.303 e. The van der Waals surface area contributed by atoms with E-state index in [1.54, 1.807) is 0 Å². The molecule has 0 saturated heterocycles. The third kappa shape index (κ3) is 6.58. The van der Waals surface area contributed by atoms with Gasteiger partial charge in [0.1, 0.15) is 6.29 Å². The number of aldehydes is 1. The van der Waals surface area contributed by atoms with Gasteiger partial charge in [0.05, 0.1) is 0 Å². The summed E-state index contributed by atoms with van der Waals surface area (Å²) in [4.78, 5) is 21.6. The molecule has 1 unspecified atom stereocenters. The Kier molecular flexibility index (Phi) is 8.10. The first-order valence-corrected chi connectivity index (χ1v) is 5.35. The van der Waals surface area contributed by atoms with Crippen LogP contribution in [0.2, 0.25) is 0 Å². The monoisotopic (exact) mass is 196 g/mol. The first-order valence-electron chi connectivity index (χ1n) is 5.35. The summed E-state index contributed by atoms with van der Waals surface area (Å²) in [6, 6.07) is 0. The van der Waals surface area contributed by atoms with Crippen molar-refractivity contribution in [1.82, 2.24) is 0 Å². The van der Waals surface area contributed by atoms with Crippen LogP contribution in [0.4, 0.5) is 0 Å². The minimum atomic E-state index is -0.0997. The predicted molar refractivity (Wildman–Crippen MR) is 58.1 cm³/mol. The van der Waals surface area contributed by atoms with E-state index in [0.717, 1.165) is 25.5 Å². The number of ketones is 1. The molecule has 0 fully saturated rings. The quantitative estimate of drug-likeness (QED) is 0.323. The van der Waals surface area contributed by atoms with Gasteiger partial charge in [-0.1, -0.05) is 39.2 Å². The van der Waals surface area contributed by atoms with Crippen LogP contribution >= 0.6 is 0 Å². The van der Waals surface area contributed by atoms with E-state index in [-0.39, 0.29) is 11.7 Å². The van der Waals surface area contributed by atoms with Gasteiger partial charge < -0.3 is 4.79 Å². The molecule has 1 atom stereocenters. The van der Waals surface area contributed by atoms with E-state index in [2.05, 4.69) is 13.5 Å². The molecule has 14 heavy (non-hydrogen) atoms. The van der Waals surface area contributed by atoms with Crippen molar-refractivity contribution < 1.29 is 9.59 Å². The van der Waals surface area contributed by atoms with Crippen LogP contribution < -0.4 is 0 Å². The summed E-state index contributed by atoms with van der Waals surface area (Å²) in [5, 5.41) is 0. The topological polar surface area (TPSA) is 34.1 Å². The zero-order chi connectivity index (χ0) is 10.8. The Hall–Kier alpha value is -0.920. The van der Waals surface area contributed by atoms with Gasteiger partial charge in [-0.05, 0) is 12.5 Å². The van der Waals surface area contributed by atoms with Gasteiger partial charge in [-0.25, -0.2) is 0 Å². The summed E-state index contributed by atoms with van der Waals surface area (Å²) in [5.41, 5.74) is 0. The van der Waals surface area contributed by atoms with Gasteiger partial charge in [-0.2, -0.15) is 0 Å². The molecule has 0 aromatic carbocycles. The SMILES string of the molecule is C=CC(=O)CC(C=O)CCCCCC. The normalized spacial score (nSPS) is 12.1. The lowest BCUT2D eigenvalue weighted by molar-refractivity contribution is -0.119. The van der Waals surface area contributed by atoms with Crippen molar-refractivity contribution in [3.8, 4) is 0 Å². The van der Waals surface area contributed by atoms with Crippen LogP contribution in [-0.4, -0.2) is 12.1 Å². The summed E-state index contributed by atoms with van der Waals surface area (Å²) in [7, 11) is 0. The Morgan fingerprint density at radius 1 is 1.36 bits per heavy atom. The average molecular weight is 196 g/mol. The van der Waals surface area contributed by atoms with Crippen LogP contribution in [0.1, 0.15) is 45.4 Å². The van der Waals surface area contributed by atoms with Crippen molar-refractivity contribution in [2.24, 2.45) is 5.92 Å². The van der Waals surface area contributed by atoms with Gasteiger partial charge in [0.2, 0.25) is 0 Å². The average Bonchev–Trinajstić information content (AvgIpc) is 2.22. The van der Waals surface area contributed by atoms with Crippen LogP contribution in [-0.2, 0) is 9.59 Å². The highest BCUT2D eigenvalue weighted by atomic mass is 16.1. The molecule has 0 spiro atoms. The first kappa shape index (κ1) is 13.1.